The molecule has 12 N–H and O–H groups in total. The molecule has 0 fully saturated rings. The summed E-state index contributed by atoms with van der Waals surface area (Å²) in [4.78, 5) is -1.14. The summed E-state index contributed by atoms with van der Waals surface area (Å²) in [6.45, 7) is 1.46. The summed E-state index contributed by atoms with van der Waals surface area (Å²) >= 11 is 4.24. The van der Waals surface area contributed by atoms with E-state index >= 15 is 0 Å². The maximum absolute atomic E-state index is 12.1. The number of azo groups is 2. The number of fused-ring (bicyclic) bond motifs is 2. The molecule has 0 saturated heterocycles. The lowest BCUT2D eigenvalue weighted by molar-refractivity contribution is -0.432. The zero-order valence-corrected chi connectivity index (χ0v) is 41.8. The number of benzene rings is 5. The first kappa shape index (κ1) is 57.1. The first-order valence-electron chi connectivity index (χ1n) is 18.6. The number of nitrogen functional groups attached to an aromatic ring is 2. The second-order valence-corrected chi connectivity index (χ2v) is 22.1. The summed E-state index contributed by atoms with van der Waals surface area (Å²) < 4.78 is 117. The number of phenols is 2. The quantitative estimate of drug-likeness (QED) is 0.00420. The number of phenolic OH excluding ortho intramolecular Hbond substituents is 2. The number of hydrogen-bond donors (Lipinski definition) is 10. The van der Waals surface area contributed by atoms with E-state index in [9.17, 15) is 44.6 Å². The third-order valence-electron chi connectivity index (χ3n) is 8.56. The summed E-state index contributed by atoms with van der Waals surface area (Å²) in [7, 11) is -13.7. The van der Waals surface area contributed by atoms with E-state index in [0.717, 1.165) is 35.5 Å². The van der Waals surface area contributed by atoms with Crippen molar-refractivity contribution in [1.82, 2.24) is 10.2 Å². The summed E-state index contributed by atoms with van der Waals surface area (Å²) in [6.07, 6.45) is -0.104. The average Bonchev–Trinajstić information content (AvgIpc) is 3.75. The standard InChI is InChI=1S/C24H25N7O14S6.C10H9NO7S2/c1-12-9-17(27-28-20-19(49-45-43-34)10-14-13(21(20)32)3-4-15(25)22(14)51(38,39)40)18(41-5-2-8-50(35,36)37)11-16(12)26-29-23-30-31-24(48-23)46-6-7-47-44-42-33;11-8-2-1-6-7(10(8)20(14,15)16)3-5(4-9(6)12)19-18-17-13/h3-4,9-11,32-34H,2,5-8,25H2,1H3,(H,35,36,37)(H,38,39,40);1-4,12-13H,11H2,(H,14,15,16). The van der Waals surface area contributed by atoms with Gasteiger partial charge in [0.15, 0.2) is 10.1 Å². The lowest BCUT2D eigenvalue weighted by atomic mass is 10.1. The Bertz CT molecular complexity index is 3280. The van der Waals surface area contributed by atoms with Gasteiger partial charge in [-0.1, -0.05) is 38.2 Å². The Morgan fingerprint density at radius 1 is 0.690 bits per heavy atom. The van der Waals surface area contributed by atoms with Gasteiger partial charge >= 0.3 is 0 Å². The normalized spacial score (nSPS) is 12.3. The number of hydrogen-bond acceptors (Lipinski definition) is 31. The smallest absolute Gasteiger partial charge is 0.297 e. The molecule has 5 aromatic carbocycles. The molecule has 0 saturated carbocycles. The third-order valence-corrected chi connectivity index (χ3v) is 15.2. The Morgan fingerprint density at radius 2 is 1.31 bits per heavy atom. The molecular formula is C34H34N8O21S8. The number of rotatable bonds is 23. The minimum absolute atomic E-state index is 0.0107. The molecule has 71 heavy (non-hydrogen) atoms. The van der Waals surface area contributed by atoms with Crippen LogP contribution in [0.25, 0.3) is 21.5 Å². The van der Waals surface area contributed by atoms with E-state index < -0.39 is 51.6 Å². The van der Waals surface area contributed by atoms with E-state index in [1.165, 1.54) is 54.2 Å². The van der Waals surface area contributed by atoms with Gasteiger partial charge < -0.3 is 26.4 Å². The van der Waals surface area contributed by atoms with E-state index in [4.69, 9.17) is 36.5 Å². The lowest BCUT2D eigenvalue weighted by Gasteiger charge is -2.13. The minimum Gasteiger partial charge on any atom is -0.507 e. The van der Waals surface area contributed by atoms with Gasteiger partial charge in [0.25, 0.3) is 35.5 Å². The predicted octanol–water partition coefficient (Wildman–Crippen LogP) is 8.41. The van der Waals surface area contributed by atoms with Crippen LogP contribution in [0.5, 0.6) is 17.2 Å². The van der Waals surface area contributed by atoms with E-state index in [-0.39, 0.29) is 89.4 Å². The van der Waals surface area contributed by atoms with Crippen molar-refractivity contribution < 1.29 is 97.7 Å². The number of nitrogens with two attached hydrogens (primary N) is 2. The Labute approximate surface area is 420 Å². The predicted molar refractivity (Wildman–Crippen MR) is 255 cm³/mol. The van der Waals surface area contributed by atoms with Gasteiger partial charge in [-0.15, -0.1) is 43.7 Å². The zero-order chi connectivity index (χ0) is 52.1. The zero-order valence-electron chi connectivity index (χ0n) is 35.2. The number of ether oxygens (including phenoxy) is 1. The molecule has 6 rings (SSSR count). The van der Waals surface area contributed by atoms with Gasteiger partial charge in [0.05, 0.1) is 58.4 Å². The van der Waals surface area contributed by atoms with Crippen LogP contribution < -0.4 is 16.2 Å². The van der Waals surface area contributed by atoms with E-state index in [1.54, 1.807) is 6.92 Å². The second kappa shape index (κ2) is 25.7. The lowest BCUT2D eigenvalue weighted by Crippen LogP contribution is -2.08. The van der Waals surface area contributed by atoms with Gasteiger partial charge in [0.1, 0.15) is 32.7 Å². The third kappa shape index (κ3) is 16.1. The molecule has 0 aliphatic carbocycles. The van der Waals surface area contributed by atoms with Crippen LogP contribution in [0.4, 0.5) is 33.6 Å². The number of nitrogens with zero attached hydrogens (tertiary/aromatic N) is 6. The molecule has 0 amide bonds. The Kier molecular flexibility index (Phi) is 20.6. The SMILES string of the molecule is Cc1cc(N=Nc2c(SOOO)cc3c(S(=O)(=O)O)c(N)ccc3c2O)c(OCCCS(=O)(=O)O)cc1N=Nc1nnc(SCCSOOO)s1.Nc1ccc2c(O)cc(SOOO)cc2c1S(=O)(=O)O. The molecule has 1 heterocycles. The topological polar surface area (TPSA) is 456 Å². The Hall–Kier alpha value is -4.85. The maximum atomic E-state index is 12.1. The van der Waals surface area contributed by atoms with Crippen molar-refractivity contribution >= 4 is 145 Å². The number of anilines is 2. The Morgan fingerprint density at radius 3 is 1.94 bits per heavy atom. The van der Waals surface area contributed by atoms with Gasteiger partial charge in [0, 0.05) is 56.1 Å². The molecule has 384 valence electrons. The van der Waals surface area contributed by atoms with Crippen LogP contribution in [0.2, 0.25) is 0 Å². The van der Waals surface area contributed by atoms with Crippen LogP contribution in [-0.4, -0.2) is 99.0 Å². The number of aryl methyl sites for hydroxylation is 1. The molecule has 0 unspecified atom stereocenters. The summed E-state index contributed by atoms with van der Waals surface area (Å²) in [5, 5.41) is 81.3. The van der Waals surface area contributed by atoms with Crippen LogP contribution in [-0.2, 0) is 58.5 Å². The van der Waals surface area contributed by atoms with Crippen LogP contribution in [0.1, 0.15) is 12.0 Å². The molecule has 0 aliphatic rings. The highest BCUT2D eigenvalue weighted by Gasteiger charge is 2.25. The molecule has 37 heteroatoms. The summed E-state index contributed by atoms with van der Waals surface area (Å²) in [5.41, 5.74) is 11.4. The molecule has 1 aromatic heterocycles. The highest BCUT2D eigenvalue weighted by molar-refractivity contribution is 8.02. The maximum Gasteiger partial charge on any atom is 0.297 e. The largest absolute Gasteiger partial charge is 0.507 e. The van der Waals surface area contributed by atoms with E-state index in [0.29, 0.717) is 45.5 Å². The van der Waals surface area contributed by atoms with E-state index in [2.05, 4.69) is 58.8 Å². The molecule has 29 nitrogen and oxygen atoms in total. The average molecular weight is 1150 g/mol. The van der Waals surface area contributed by atoms with Crippen molar-refractivity contribution in [2.24, 2.45) is 20.5 Å². The molecular weight excluding hydrogens is 1110 g/mol. The first-order chi connectivity index (χ1) is 33.6. The van der Waals surface area contributed by atoms with Gasteiger partial charge in [-0.3, -0.25) is 13.7 Å². The van der Waals surface area contributed by atoms with Crippen molar-refractivity contribution in [2.45, 2.75) is 37.3 Å². The van der Waals surface area contributed by atoms with Crippen LogP contribution >= 0.6 is 59.2 Å². The first-order valence-corrected chi connectivity index (χ1v) is 27.2. The molecule has 0 spiro atoms. The highest BCUT2D eigenvalue weighted by atomic mass is 32.2. The van der Waals surface area contributed by atoms with Crippen LogP contribution in [0, 0.1) is 6.92 Å². The van der Waals surface area contributed by atoms with E-state index in [1.807, 2.05) is 0 Å². The number of thioether (sulfide) groups is 1. The van der Waals surface area contributed by atoms with Crippen molar-refractivity contribution in [3.05, 3.63) is 60.2 Å². The Balaban J connectivity index is 0.000000389. The fraction of sp³-hybridized carbons (Fsp3) is 0.176. The molecule has 6 aromatic rings. The monoisotopic (exact) mass is 1150 g/mol. The second-order valence-electron chi connectivity index (χ2n) is 13.2. The van der Waals surface area contributed by atoms with Gasteiger partial charge in [-0.2, -0.15) is 25.3 Å². The minimum atomic E-state index is -4.88. The van der Waals surface area contributed by atoms with Crippen molar-refractivity contribution in [2.75, 3.05) is 35.3 Å². The molecule has 0 bridgehead atoms. The highest BCUT2D eigenvalue weighted by Crippen LogP contribution is 2.47. The number of aromatic nitrogens is 2. The van der Waals surface area contributed by atoms with Crippen molar-refractivity contribution in [3.8, 4) is 17.2 Å². The van der Waals surface area contributed by atoms with Crippen LogP contribution in [0.3, 0.4) is 0 Å². The van der Waals surface area contributed by atoms with Gasteiger partial charge in [0.2, 0.25) is 0 Å². The fourth-order valence-corrected chi connectivity index (χ4v) is 10.9. The summed E-state index contributed by atoms with van der Waals surface area (Å²) in [5.74, 6) is -0.394. The van der Waals surface area contributed by atoms with Gasteiger partial charge in [-0.25, -0.2) is 15.8 Å². The summed E-state index contributed by atoms with van der Waals surface area (Å²) in [6, 6.07) is 11.7. The van der Waals surface area contributed by atoms with Crippen molar-refractivity contribution in [1.29, 1.82) is 0 Å². The molecule has 0 radical (unpaired) electrons. The fourth-order valence-electron chi connectivity index (χ4n) is 5.79. The number of aromatic hydroxyl groups is 2. The molecule has 0 atom stereocenters. The van der Waals surface area contributed by atoms with Crippen LogP contribution in [0.15, 0.2) is 99.0 Å². The molecule has 0 aliphatic heterocycles. The van der Waals surface area contributed by atoms with Gasteiger partial charge in [-0.05, 0) is 67.4 Å². The van der Waals surface area contributed by atoms with Crippen molar-refractivity contribution in [3.63, 3.8) is 0 Å².